The molecule has 0 aliphatic carbocycles. The van der Waals surface area contributed by atoms with Gasteiger partial charge in [0, 0.05) is 0 Å². The summed E-state index contributed by atoms with van der Waals surface area (Å²) in [5.41, 5.74) is 3.94. The average molecular weight is 308 g/mol. The quantitative estimate of drug-likeness (QED) is 0.917. The summed E-state index contributed by atoms with van der Waals surface area (Å²) in [4.78, 5) is 0. The molecule has 0 spiro atoms. The van der Waals surface area contributed by atoms with Crippen molar-refractivity contribution in [2.24, 2.45) is 0 Å². The van der Waals surface area contributed by atoms with Gasteiger partial charge in [-0.1, -0.05) is 29.3 Å². The number of benzene rings is 1. The Morgan fingerprint density at radius 1 is 1.22 bits per heavy atom. The Kier molecular flexibility index (Phi) is 4.25. The minimum Gasteiger partial charge on any atom is -0.466 e. The molecule has 3 heteroatoms. The third-order valence-electron chi connectivity index (χ3n) is 3.03. The number of halogens is 1. The lowest BCUT2D eigenvalue weighted by Gasteiger charge is -2.15. The van der Waals surface area contributed by atoms with E-state index in [1.165, 1.54) is 16.7 Å². The van der Waals surface area contributed by atoms with E-state index >= 15 is 0 Å². The summed E-state index contributed by atoms with van der Waals surface area (Å²) in [5, 5.41) is 3.31. The minimum absolute atomic E-state index is 0.190. The van der Waals surface area contributed by atoms with E-state index in [2.05, 4.69) is 53.3 Å². The highest BCUT2D eigenvalue weighted by Crippen LogP contribution is 2.27. The van der Waals surface area contributed by atoms with Crippen molar-refractivity contribution in [2.45, 2.75) is 26.3 Å². The van der Waals surface area contributed by atoms with E-state index < -0.39 is 0 Å². The molecule has 0 aliphatic heterocycles. The summed E-state index contributed by atoms with van der Waals surface area (Å²) in [6.45, 7) is 4.27. The first-order valence-corrected chi connectivity index (χ1v) is 6.87. The first-order valence-electron chi connectivity index (χ1n) is 6.07. The summed E-state index contributed by atoms with van der Waals surface area (Å²) in [6, 6.07) is 8.78. The van der Waals surface area contributed by atoms with Crippen LogP contribution in [0.4, 0.5) is 0 Å². The zero-order valence-corrected chi connectivity index (χ0v) is 12.5. The van der Waals surface area contributed by atoms with Gasteiger partial charge in [0.15, 0.2) is 0 Å². The van der Waals surface area contributed by atoms with Crippen LogP contribution in [0, 0.1) is 13.8 Å². The molecule has 0 bridgehead atoms. The molecule has 0 fully saturated rings. The Morgan fingerprint density at radius 2 is 1.89 bits per heavy atom. The number of furan rings is 1. The van der Waals surface area contributed by atoms with Crippen LogP contribution in [-0.2, 0) is 6.42 Å². The Bertz CT molecular complexity index is 513. The van der Waals surface area contributed by atoms with Gasteiger partial charge in [0.25, 0.3) is 0 Å². The largest absolute Gasteiger partial charge is 0.466 e. The van der Waals surface area contributed by atoms with Crippen molar-refractivity contribution >= 4 is 15.9 Å². The maximum absolute atomic E-state index is 5.54. The highest BCUT2D eigenvalue weighted by Gasteiger charge is 2.16. The fourth-order valence-corrected chi connectivity index (χ4v) is 2.78. The second-order valence-corrected chi connectivity index (χ2v) is 5.53. The zero-order chi connectivity index (χ0) is 13.1. The fraction of sp³-hybridized carbons (Fsp3) is 0.333. The van der Waals surface area contributed by atoms with Crippen LogP contribution >= 0.6 is 15.9 Å². The van der Waals surface area contributed by atoms with Crippen molar-refractivity contribution in [1.82, 2.24) is 5.32 Å². The second-order valence-electron chi connectivity index (χ2n) is 4.67. The lowest BCUT2D eigenvalue weighted by Crippen LogP contribution is -2.18. The van der Waals surface area contributed by atoms with E-state index in [0.29, 0.717) is 0 Å². The normalized spacial score (nSPS) is 12.7. The highest BCUT2D eigenvalue weighted by molar-refractivity contribution is 9.10. The average Bonchev–Trinajstić information content (AvgIpc) is 2.71. The third-order valence-corrected chi connectivity index (χ3v) is 3.69. The Labute approximate surface area is 117 Å². The van der Waals surface area contributed by atoms with Gasteiger partial charge in [0.1, 0.15) is 5.76 Å². The van der Waals surface area contributed by atoms with Crippen molar-refractivity contribution in [3.63, 3.8) is 0 Å². The van der Waals surface area contributed by atoms with Crippen molar-refractivity contribution in [3.8, 4) is 0 Å². The molecule has 0 aliphatic rings. The van der Waals surface area contributed by atoms with Gasteiger partial charge in [0.2, 0.25) is 0 Å². The van der Waals surface area contributed by atoms with E-state index in [0.717, 1.165) is 16.7 Å². The monoisotopic (exact) mass is 307 g/mol. The third kappa shape index (κ3) is 3.03. The topological polar surface area (TPSA) is 25.2 Å². The van der Waals surface area contributed by atoms with Crippen LogP contribution in [0.15, 0.2) is 39.4 Å². The summed E-state index contributed by atoms with van der Waals surface area (Å²) in [5.74, 6) is 0.955. The van der Waals surface area contributed by atoms with Crippen molar-refractivity contribution in [3.05, 3.63) is 57.5 Å². The van der Waals surface area contributed by atoms with Crippen LogP contribution in [0.25, 0.3) is 0 Å². The van der Waals surface area contributed by atoms with Crippen molar-refractivity contribution in [2.75, 3.05) is 7.05 Å². The van der Waals surface area contributed by atoms with Gasteiger partial charge >= 0.3 is 0 Å². The zero-order valence-electron chi connectivity index (χ0n) is 11.0. The van der Waals surface area contributed by atoms with Gasteiger partial charge in [-0.25, -0.2) is 0 Å². The number of hydrogen-bond donors (Lipinski definition) is 1. The molecular formula is C15H18BrNO. The summed E-state index contributed by atoms with van der Waals surface area (Å²) in [7, 11) is 1.96. The van der Waals surface area contributed by atoms with Gasteiger partial charge < -0.3 is 9.73 Å². The van der Waals surface area contributed by atoms with Crippen molar-refractivity contribution in [1.29, 1.82) is 0 Å². The van der Waals surface area contributed by atoms with E-state index in [1.807, 2.05) is 13.1 Å². The lowest BCUT2D eigenvalue weighted by molar-refractivity contribution is 0.427. The van der Waals surface area contributed by atoms with Crippen LogP contribution < -0.4 is 5.32 Å². The SMILES string of the molecule is CNC(Cc1cc(C)cc(C)c1)c1occc1Br. The maximum atomic E-state index is 5.54. The molecule has 1 heterocycles. The van der Waals surface area contributed by atoms with Gasteiger partial charge in [-0.3, -0.25) is 0 Å². The molecule has 2 nitrogen and oxygen atoms in total. The molecule has 0 radical (unpaired) electrons. The molecule has 1 N–H and O–H groups in total. The lowest BCUT2D eigenvalue weighted by atomic mass is 10.00. The van der Waals surface area contributed by atoms with Crippen LogP contribution in [0.1, 0.15) is 28.5 Å². The van der Waals surface area contributed by atoms with E-state index in [1.54, 1.807) is 6.26 Å². The van der Waals surface area contributed by atoms with Crippen LogP contribution in [0.3, 0.4) is 0 Å². The van der Waals surface area contributed by atoms with Crippen LogP contribution in [-0.4, -0.2) is 7.05 Å². The van der Waals surface area contributed by atoms with E-state index in [-0.39, 0.29) is 6.04 Å². The molecule has 18 heavy (non-hydrogen) atoms. The van der Waals surface area contributed by atoms with E-state index in [9.17, 15) is 0 Å². The highest BCUT2D eigenvalue weighted by atomic mass is 79.9. The number of nitrogens with one attached hydrogen (secondary N) is 1. The molecule has 0 saturated heterocycles. The van der Waals surface area contributed by atoms with Gasteiger partial charge in [0.05, 0.1) is 16.8 Å². The minimum atomic E-state index is 0.190. The smallest absolute Gasteiger partial charge is 0.135 e. The molecule has 0 saturated carbocycles. The number of aryl methyl sites for hydroxylation is 2. The molecule has 2 aromatic rings. The predicted molar refractivity (Wildman–Crippen MR) is 77.8 cm³/mol. The number of likely N-dealkylation sites (N-methyl/N-ethyl adjacent to an activating group) is 1. The van der Waals surface area contributed by atoms with Gasteiger partial charge in [-0.2, -0.15) is 0 Å². The summed E-state index contributed by atoms with van der Waals surface area (Å²) in [6.07, 6.45) is 2.64. The summed E-state index contributed by atoms with van der Waals surface area (Å²) >= 11 is 3.52. The standard InChI is InChI=1S/C15H18BrNO/c1-10-6-11(2)8-12(7-10)9-14(17-3)15-13(16)4-5-18-15/h4-8,14,17H,9H2,1-3H3. The first-order chi connectivity index (χ1) is 8.60. The second kappa shape index (κ2) is 5.72. The molecular weight excluding hydrogens is 290 g/mol. The van der Waals surface area contributed by atoms with Gasteiger partial charge in [-0.05, 0) is 54.9 Å². The number of hydrogen-bond acceptors (Lipinski definition) is 2. The molecule has 1 aromatic carbocycles. The van der Waals surface area contributed by atoms with E-state index in [4.69, 9.17) is 4.42 Å². The maximum Gasteiger partial charge on any atom is 0.135 e. The molecule has 1 unspecified atom stereocenters. The molecule has 2 rings (SSSR count). The molecule has 96 valence electrons. The number of rotatable bonds is 4. The molecule has 1 atom stereocenters. The first kappa shape index (κ1) is 13.4. The molecule has 1 aromatic heterocycles. The predicted octanol–water partition coefficient (Wildman–Crippen LogP) is 4.16. The van der Waals surface area contributed by atoms with Crippen LogP contribution in [0.5, 0.6) is 0 Å². The Balaban J connectivity index is 2.23. The Hall–Kier alpha value is -1.06. The van der Waals surface area contributed by atoms with Crippen molar-refractivity contribution < 1.29 is 4.42 Å². The van der Waals surface area contributed by atoms with Crippen LogP contribution in [0.2, 0.25) is 0 Å². The summed E-state index contributed by atoms with van der Waals surface area (Å²) < 4.78 is 6.56. The fourth-order valence-electron chi connectivity index (χ4n) is 2.30. The molecule has 0 amide bonds. The Morgan fingerprint density at radius 3 is 2.39 bits per heavy atom. The van der Waals surface area contributed by atoms with Gasteiger partial charge in [-0.15, -0.1) is 0 Å².